The molecule has 24 heavy (non-hydrogen) atoms. The first-order valence-electron chi connectivity index (χ1n) is 7.55. The number of carbonyl (C=O) groups excluding carboxylic acids is 1. The van der Waals surface area contributed by atoms with Crippen molar-refractivity contribution in [2.75, 3.05) is 0 Å². The minimum atomic E-state index is -0.232. The van der Waals surface area contributed by atoms with E-state index in [4.69, 9.17) is 0 Å². The van der Waals surface area contributed by atoms with E-state index in [9.17, 15) is 9.90 Å². The highest BCUT2D eigenvalue weighted by atomic mass is 16.3. The Labute approximate surface area is 138 Å². The zero-order valence-electron chi connectivity index (χ0n) is 13.2. The fourth-order valence-corrected chi connectivity index (χ4v) is 2.33. The summed E-state index contributed by atoms with van der Waals surface area (Å²) in [4.78, 5) is 12.0. The monoisotopic (exact) mass is 323 g/mol. The van der Waals surface area contributed by atoms with Crippen LogP contribution in [0.25, 0.3) is 11.0 Å². The SMILES string of the molecule is C/C(=N/NC(=O)CCn1nnc2ccccc21)c1ccccc1O. The number of amides is 1. The molecule has 0 atom stereocenters. The van der Waals surface area contributed by atoms with Crippen LogP contribution in [0.5, 0.6) is 5.75 Å². The molecule has 7 heteroatoms. The highest BCUT2D eigenvalue weighted by Crippen LogP contribution is 2.16. The molecule has 122 valence electrons. The van der Waals surface area contributed by atoms with Crippen molar-refractivity contribution >= 4 is 22.7 Å². The van der Waals surface area contributed by atoms with Crippen molar-refractivity contribution in [1.29, 1.82) is 0 Å². The van der Waals surface area contributed by atoms with Gasteiger partial charge < -0.3 is 5.11 Å². The number of nitrogens with zero attached hydrogens (tertiary/aromatic N) is 4. The van der Waals surface area contributed by atoms with Gasteiger partial charge in [0.2, 0.25) is 5.91 Å². The molecule has 0 radical (unpaired) electrons. The van der Waals surface area contributed by atoms with Gasteiger partial charge in [-0.15, -0.1) is 5.10 Å². The Hall–Kier alpha value is -3.22. The van der Waals surface area contributed by atoms with Crippen LogP contribution in [0.4, 0.5) is 0 Å². The predicted octanol–water partition coefficient (Wildman–Crippen LogP) is 2.07. The van der Waals surface area contributed by atoms with Gasteiger partial charge in [-0.3, -0.25) is 4.79 Å². The second-order valence-electron chi connectivity index (χ2n) is 5.30. The average molecular weight is 323 g/mol. The summed E-state index contributed by atoms with van der Waals surface area (Å²) < 4.78 is 1.69. The van der Waals surface area contributed by atoms with Crippen LogP contribution >= 0.6 is 0 Å². The summed E-state index contributed by atoms with van der Waals surface area (Å²) in [6.45, 7) is 2.14. The first kappa shape index (κ1) is 15.7. The van der Waals surface area contributed by atoms with E-state index in [1.807, 2.05) is 24.3 Å². The summed E-state index contributed by atoms with van der Waals surface area (Å²) in [6, 6.07) is 14.4. The molecule has 0 aliphatic heterocycles. The fourth-order valence-electron chi connectivity index (χ4n) is 2.33. The minimum Gasteiger partial charge on any atom is -0.507 e. The van der Waals surface area contributed by atoms with E-state index in [1.54, 1.807) is 35.9 Å². The zero-order chi connectivity index (χ0) is 16.9. The van der Waals surface area contributed by atoms with Crippen LogP contribution in [0.2, 0.25) is 0 Å². The van der Waals surface area contributed by atoms with Crippen molar-refractivity contribution in [2.24, 2.45) is 5.10 Å². The van der Waals surface area contributed by atoms with Gasteiger partial charge in [0.15, 0.2) is 0 Å². The van der Waals surface area contributed by atoms with Crippen LogP contribution < -0.4 is 5.43 Å². The van der Waals surface area contributed by atoms with Gasteiger partial charge in [0.05, 0.1) is 17.8 Å². The molecule has 1 heterocycles. The number of hydrazone groups is 1. The third kappa shape index (κ3) is 3.40. The van der Waals surface area contributed by atoms with Gasteiger partial charge in [0.25, 0.3) is 0 Å². The van der Waals surface area contributed by atoms with Crippen LogP contribution in [0.1, 0.15) is 18.9 Å². The topological polar surface area (TPSA) is 92.4 Å². The number of para-hydroxylation sites is 2. The van der Waals surface area contributed by atoms with Gasteiger partial charge in [-0.25, -0.2) is 10.1 Å². The van der Waals surface area contributed by atoms with Gasteiger partial charge in [-0.2, -0.15) is 5.10 Å². The number of fused-ring (bicyclic) bond motifs is 1. The standard InChI is InChI=1S/C17H17N5O2/c1-12(13-6-2-5-9-16(13)23)18-20-17(24)10-11-22-15-8-4-3-7-14(15)19-21-22/h2-9,23H,10-11H2,1H3,(H,20,24)/b18-12-. The average Bonchev–Trinajstić information content (AvgIpc) is 3.01. The minimum absolute atomic E-state index is 0.127. The van der Waals surface area contributed by atoms with Crippen LogP contribution in [-0.2, 0) is 11.3 Å². The molecule has 0 bridgehead atoms. The molecule has 1 aromatic heterocycles. The summed E-state index contributed by atoms with van der Waals surface area (Å²) in [7, 11) is 0. The Kier molecular flexibility index (Phi) is 4.51. The summed E-state index contributed by atoms with van der Waals surface area (Å²) >= 11 is 0. The van der Waals surface area contributed by atoms with Crippen molar-refractivity contribution in [3.05, 3.63) is 54.1 Å². The Morgan fingerprint density at radius 1 is 1.21 bits per heavy atom. The lowest BCUT2D eigenvalue weighted by Gasteiger charge is -2.05. The largest absolute Gasteiger partial charge is 0.507 e. The van der Waals surface area contributed by atoms with E-state index < -0.39 is 0 Å². The van der Waals surface area contributed by atoms with Gasteiger partial charge in [-0.05, 0) is 31.2 Å². The number of aromatic nitrogens is 3. The molecule has 3 rings (SSSR count). The van der Waals surface area contributed by atoms with Crippen molar-refractivity contribution in [2.45, 2.75) is 19.9 Å². The molecule has 1 amide bonds. The number of hydrogen-bond donors (Lipinski definition) is 2. The van der Waals surface area contributed by atoms with Gasteiger partial charge in [0.1, 0.15) is 11.3 Å². The summed E-state index contributed by atoms with van der Waals surface area (Å²) in [6.07, 6.45) is 0.227. The number of rotatable bonds is 5. The molecule has 0 saturated carbocycles. The molecular formula is C17H17N5O2. The normalized spacial score (nSPS) is 11.6. The molecule has 0 unspecified atom stereocenters. The van der Waals surface area contributed by atoms with Crippen molar-refractivity contribution in [3.8, 4) is 5.75 Å². The smallest absolute Gasteiger partial charge is 0.241 e. The van der Waals surface area contributed by atoms with E-state index in [2.05, 4.69) is 20.8 Å². The van der Waals surface area contributed by atoms with E-state index in [-0.39, 0.29) is 18.1 Å². The van der Waals surface area contributed by atoms with Crippen molar-refractivity contribution in [1.82, 2.24) is 20.4 Å². The van der Waals surface area contributed by atoms with Gasteiger partial charge >= 0.3 is 0 Å². The maximum absolute atomic E-state index is 12.0. The number of aromatic hydroxyl groups is 1. The van der Waals surface area contributed by atoms with Crippen LogP contribution in [0.3, 0.4) is 0 Å². The van der Waals surface area contributed by atoms with Gasteiger partial charge in [0, 0.05) is 12.0 Å². The molecule has 2 N–H and O–H groups in total. The van der Waals surface area contributed by atoms with Crippen LogP contribution in [0, 0.1) is 0 Å². The summed E-state index contributed by atoms with van der Waals surface area (Å²) in [5.74, 6) is -0.105. The van der Waals surface area contributed by atoms with Crippen molar-refractivity contribution in [3.63, 3.8) is 0 Å². The Morgan fingerprint density at radius 3 is 2.79 bits per heavy atom. The van der Waals surface area contributed by atoms with E-state index in [1.165, 1.54) is 0 Å². The first-order chi connectivity index (χ1) is 11.6. The van der Waals surface area contributed by atoms with Crippen molar-refractivity contribution < 1.29 is 9.90 Å². The maximum Gasteiger partial charge on any atom is 0.241 e. The quantitative estimate of drug-likeness (QED) is 0.555. The van der Waals surface area contributed by atoms with E-state index in [0.29, 0.717) is 17.8 Å². The lowest BCUT2D eigenvalue weighted by Crippen LogP contribution is -2.21. The summed E-state index contributed by atoms with van der Waals surface area (Å²) in [5, 5.41) is 21.9. The number of aryl methyl sites for hydroxylation is 1. The molecule has 0 aliphatic rings. The molecule has 7 nitrogen and oxygen atoms in total. The molecule has 0 aliphatic carbocycles. The number of nitrogens with one attached hydrogen (secondary N) is 1. The number of benzene rings is 2. The van der Waals surface area contributed by atoms with Crippen LogP contribution in [0.15, 0.2) is 53.6 Å². The van der Waals surface area contributed by atoms with Crippen LogP contribution in [-0.4, -0.2) is 31.7 Å². The molecule has 3 aromatic rings. The third-order valence-corrected chi connectivity index (χ3v) is 3.61. The van der Waals surface area contributed by atoms with E-state index >= 15 is 0 Å². The molecule has 2 aromatic carbocycles. The predicted molar refractivity (Wildman–Crippen MR) is 90.6 cm³/mol. The van der Waals surface area contributed by atoms with Gasteiger partial charge in [-0.1, -0.05) is 29.5 Å². The second-order valence-corrected chi connectivity index (χ2v) is 5.30. The fraction of sp³-hybridized carbons (Fsp3) is 0.176. The number of carbonyl (C=O) groups is 1. The number of phenolic OH excluding ortho intramolecular Hbond substituents is 1. The summed E-state index contributed by atoms with van der Waals surface area (Å²) in [5.41, 5.74) is 5.30. The zero-order valence-corrected chi connectivity index (χ0v) is 13.2. The Balaban J connectivity index is 1.60. The highest BCUT2D eigenvalue weighted by Gasteiger charge is 2.07. The molecule has 0 saturated heterocycles. The maximum atomic E-state index is 12.0. The molecule has 0 spiro atoms. The third-order valence-electron chi connectivity index (χ3n) is 3.61. The first-order valence-corrected chi connectivity index (χ1v) is 7.55. The molecule has 0 fully saturated rings. The number of phenols is 1. The molecular weight excluding hydrogens is 306 g/mol. The highest BCUT2D eigenvalue weighted by molar-refractivity contribution is 6.01. The van der Waals surface area contributed by atoms with E-state index in [0.717, 1.165) is 11.0 Å². The Morgan fingerprint density at radius 2 is 1.96 bits per heavy atom. The second kappa shape index (κ2) is 6.91. The Bertz CT molecular complexity index is 901. The lowest BCUT2D eigenvalue weighted by molar-refractivity contribution is -0.121. The lowest BCUT2D eigenvalue weighted by atomic mass is 10.1. The number of hydrogen-bond acceptors (Lipinski definition) is 5.